The lowest BCUT2D eigenvalue weighted by molar-refractivity contribution is -0.118. The van der Waals surface area contributed by atoms with Crippen molar-refractivity contribution in [1.29, 1.82) is 0 Å². The smallest absolute Gasteiger partial charge is 0.230 e. The summed E-state index contributed by atoms with van der Waals surface area (Å²) >= 11 is 1.35. The molecule has 2 aromatic rings. The Kier molecular flexibility index (Phi) is 6.60. The van der Waals surface area contributed by atoms with Gasteiger partial charge in [0.25, 0.3) is 0 Å². The number of hydrogen-bond donors (Lipinski definition) is 1. The van der Waals surface area contributed by atoms with Crippen LogP contribution in [0.5, 0.6) is 0 Å². The number of hydrogen-bond acceptors (Lipinski definition) is 6. The predicted molar refractivity (Wildman–Crippen MR) is 96.0 cm³/mol. The van der Waals surface area contributed by atoms with Crippen molar-refractivity contribution >= 4 is 23.4 Å². The molecule has 0 bridgehead atoms. The Morgan fingerprint density at radius 1 is 1.29 bits per heavy atom. The van der Waals surface area contributed by atoms with Gasteiger partial charge in [-0.25, -0.2) is 4.68 Å². The highest BCUT2D eigenvalue weighted by molar-refractivity contribution is 7.99. The van der Waals surface area contributed by atoms with Gasteiger partial charge in [-0.15, -0.1) is 5.10 Å². The number of benzene rings is 1. The third kappa shape index (κ3) is 5.52. The summed E-state index contributed by atoms with van der Waals surface area (Å²) in [6.07, 6.45) is 0. The number of carbonyl (C=O) groups is 1. The zero-order chi connectivity index (χ0) is 17.5. The lowest BCUT2D eigenvalue weighted by atomic mass is 10.2. The molecule has 0 spiro atoms. The van der Waals surface area contributed by atoms with Gasteiger partial charge < -0.3 is 10.2 Å². The lowest BCUT2D eigenvalue weighted by Crippen LogP contribution is -2.24. The van der Waals surface area contributed by atoms with E-state index in [1.807, 2.05) is 43.3 Å². The maximum atomic E-state index is 12.0. The molecule has 1 aromatic heterocycles. The summed E-state index contributed by atoms with van der Waals surface area (Å²) in [4.78, 5) is 14.0. The first-order chi connectivity index (χ1) is 11.5. The van der Waals surface area contributed by atoms with Crippen LogP contribution in [0.2, 0.25) is 0 Å². The van der Waals surface area contributed by atoms with Crippen LogP contribution in [0.3, 0.4) is 0 Å². The van der Waals surface area contributed by atoms with Crippen LogP contribution < -0.4 is 10.2 Å². The van der Waals surface area contributed by atoms with Crippen LogP contribution in [-0.4, -0.2) is 46.0 Å². The van der Waals surface area contributed by atoms with Crippen LogP contribution in [0.1, 0.15) is 19.4 Å². The van der Waals surface area contributed by atoms with Gasteiger partial charge in [-0.2, -0.15) is 0 Å². The third-order valence-corrected chi connectivity index (χ3v) is 4.27. The molecule has 0 aliphatic carbocycles. The normalized spacial score (nSPS) is 10.9. The number of nitrogens with zero attached hydrogens (tertiary/aromatic N) is 5. The van der Waals surface area contributed by atoms with E-state index in [-0.39, 0.29) is 5.91 Å². The van der Waals surface area contributed by atoms with Gasteiger partial charge in [-0.05, 0) is 34.0 Å². The summed E-state index contributed by atoms with van der Waals surface area (Å²) in [5.74, 6) is 0.719. The number of nitrogens with one attached hydrogen (secondary N) is 1. The number of thioether (sulfide) groups is 1. The number of amides is 1. The summed E-state index contributed by atoms with van der Waals surface area (Å²) in [5.41, 5.74) is 2.21. The van der Waals surface area contributed by atoms with Crippen molar-refractivity contribution in [3.05, 3.63) is 29.8 Å². The molecular formula is C16H24N6OS. The number of rotatable bonds is 8. The largest absolute Gasteiger partial charge is 0.378 e. The third-order valence-electron chi connectivity index (χ3n) is 3.31. The molecule has 1 N–H and O–H groups in total. The van der Waals surface area contributed by atoms with E-state index in [4.69, 9.17) is 0 Å². The molecule has 130 valence electrons. The second kappa shape index (κ2) is 8.68. The molecule has 1 aromatic carbocycles. The lowest BCUT2D eigenvalue weighted by Gasteiger charge is -2.13. The molecule has 0 saturated heterocycles. The van der Waals surface area contributed by atoms with E-state index in [9.17, 15) is 4.79 Å². The van der Waals surface area contributed by atoms with Gasteiger partial charge in [0.1, 0.15) is 0 Å². The Morgan fingerprint density at radius 2 is 2.00 bits per heavy atom. The summed E-state index contributed by atoms with van der Waals surface area (Å²) < 4.78 is 1.74. The van der Waals surface area contributed by atoms with Crippen molar-refractivity contribution in [3.63, 3.8) is 0 Å². The molecule has 0 radical (unpaired) electrons. The van der Waals surface area contributed by atoms with Crippen LogP contribution in [0.4, 0.5) is 5.69 Å². The molecule has 7 nitrogen and oxygen atoms in total. The zero-order valence-corrected chi connectivity index (χ0v) is 15.4. The minimum absolute atomic E-state index is 0.0317. The molecule has 0 aliphatic heterocycles. The van der Waals surface area contributed by atoms with Gasteiger partial charge in [0.05, 0.1) is 5.75 Å². The van der Waals surface area contributed by atoms with Crippen molar-refractivity contribution in [3.8, 4) is 0 Å². The van der Waals surface area contributed by atoms with E-state index < -0.39 is 0 Å². The molecule has 0 atom stereocenters. The van der Waals surface area contributed by atoms with Gasteiger partial charge >= 0.3 is 0 Å². The van der Waals surface area contributed by atoms with E-state index in [2.05, 4.69) is 34.7 Å². The Balaban J connectivity index is 1.78. The summed E-state index contributed by atoms with van der Waals surface area (Å²) in [6, 6.07) is 8.12. The first-order valence-electron chi connectivity index (χ1n) is 7.87. The number of carbonyl (C=O) groups excluding carboxylic acids is 1. The fourth-order valence-electron chi connectivity index (χ4n) is 2.05. The highest BCUT2D eigenvalue weighted by Crippen LogP contribution is 2.15. The van der Waals surface area contributed by atoms with E-state index in [1.165, 1.54) is 11.8 Å². The van der Waals surface area contributed by atoms with E-state index >= 15 is 0 Å². The van der Waals surface area contributed by atoms with Gasteiger partial charge in [-0.3, -0.25) is 4.79 Å². The standard InChI is InChI=1S/C16H24N6OS/c1-12(2)10-22-16(18-19-20-22)24-11-15(23)17-9-13-5-7-14(8-6-13)21(3)4/h5-8,12H,9-11H2,1-4H3,(H,17,23). The van der Waals surface area contributed by atoms with E-state index in [0.717, 1.165) is 17.8 Å². The molecule has 2 rings (SSSR count). The molecule has 0 saturated carbocycles. The van der Waals surface area contributed by atoms with Gasteiger partial charge in [0.15, 0.2) is 0 Å². The fraction of sp³-hybridized carbons (Fsp3) is 0.500. The predicted octanol–water partition coefficient (Wildman–Crippen LogP) is 1.80. The fourth-order valence-corrected chi connectivity index (χ4v) is 2.77. The van der Waals surface area contributed by atoms with Crippen LogP contribution in [0.25, 0.3) is 0 Å². The van der Waals surface area contributed by atoms with Crippen LogP contribution >= 0.6 is 11.8 Å². The van der Waals surface area contributed by atoms with Gasteiger partial charge in [-0.1, -0.05) is 37.7 Å². The summed E-state index contributed by atoms with van der Waals surface area (Å²) in [5, 5.41) is 15.2. The average Bonchev–Trinajstić information content (AvgIpc) is 2.97. The Bertz CT molecular complexity index is 653. The minimum Gasteiger partial charge on any atom is -0.378 e. The number of tetrazole rings is 1. The molecule has 0 unspecified atom stereocenters. The van der Waals surface area contributed by atoms with Gasteiger partial charge in [0, 0.05) is 32.9 Å². The quantitative estimate of drug-likeness (QED) is 0.733. The second-order valence-electron chi connectivity index (χ2n) is 6.16. The molecule has 0 fully saturated rings. The van der Waals surface area contributed by atoms with E-state index in [0.29, 0.717) is 23.4 Å². The van der Waals surface area contributed by atoms with E-state index in [1.54, 1.807) is 4.68 Å². The van der Waals surface area contributed by atoms with Crippen molar-refractivity contribution in [1.82, 2.24) is 25.5 Å². The maximum Gasteiger partial charge on any atom is 0.230 e. The van der Waals surface area contributed by atoms with Crippen molar-refractivity contribution in [2.45, 2.75) is 32.1 Å². The number of aromatic nitrogens is 4. The van der Waals surface area contributed by atoms with Crippen molar-refractivity contribution in [2.75, 3.05) is 24.7 Å². The van der Waals surface area contributed by atoms with Crippen LogP contribution in [0.15, 0.2) is 29.4 Å². The summed E-state index contributed by atoms with van der Waals surface area (Å²) in [6.45, 7) is 5.47. The van der Waals surface area contributed by atoms with Crippen LogP contribution in [0, 0.1) is 5.92 Å². The Labute approximate surface area is 146 Å². The minimum atomic E-state index is -0.0317. The second-order valence-corrected chi connectivity index (χ2v) is 7.11. The van der Waals surface area contributed by atoms with Gasteiger partial charge in [0.2, 0.25) is 11.1 Å². The highest BCUT2D eigenvalue weighted by Gasteiger charge is 2.11. The highest BCUT2D eigenvalue weighted by atomic mass is 32.2. The van der Waals surface area contributed by atoms with Crippen molar-refractivity contribution in [2.24, 2.45) is 5.92 Å². The SMILES string of the molecule is CC(C)Cn1nnnc1SCC(=O)NCc1ccc(N(C)C)cc1. The maximum absolute atomic E-state index is 12.0. The zero-order valence-electron chi connectivity index (χ0n) is 14.6. The monoisotopic (exact) mass is 348 g/mol. The Hall–Kier alpha value is -2.09. The topological polar surface area (TPSA) is 75.9 Å². The average molecular weight is 348 g/mol. The molecule has 1 amide bonds. The molecule has 1 heterocycles. The Morgan fingerprint density at radius 3 is 2.62 bits per heavy atom. The molecular weight excluding hydrogens is 324 g/mol. The summed E-state index contributed by atoms with van der Waals surface area (Å²) in [7, 11) is 4.00. The molecule has 8 heteroatoms. The molecule has 24 heavy (non-hydrogen) atoms. The van der Waals surface area contributed by atoms with Crippen molar-refractivity contribution < 1.29 is 4.79 Å². The van der Waals surface area contributed by atoms with Crippen LogP contribution in [-0.2, 0) is 17.9 Å². The first-order valence-corrected chi connectivity index (χ1v) is 8.86. The first kappa shape index (κ1) is 18.3. The number of anilines is 1. The molecule has 0 aliphatic rings.